The van der Waals surface area contributed by atoms with Gasteiger partial charge in [-0.25, -0.2) is 4.98 Å². The van der Waals surface area contributed by atoms with Crippen LogP contribution in [0.2, 0.25) is 0 Å². The molecule has 1 saturated heterocycles. The summed E-state index contributed by atoms with van der Waals surface area (Å²) in [5.74, 6) is 1.01. The average molecular weight is 292 g/mol. The Hall–Kier alpha value is -1.06. The molecule has 1 aromatic heterocycles. The predicted molar refractivity (Wildman–Crippen MR) is 84.4 cm³/mol. The van der Waals surface area contributed by atoms with E-state index in [1.54, 1.807) is 0 Å². The Bertz CT molecular complexity index is 590. The van der Waals surface area contributed by atoms with Gasteiger partial charge in [-0.3, -0.25) is 0 Å². The largest absolute Gasteiger partial charge is 0.322 e. The van der Waals surface area contributed by atoms with Gasteiger partial charge in [-0.15, -0.1) is 11.6 Å². The normalized spacial score (nSPS) is 22.2. The molecule has 0 amide bonds. The lowest BCUT2D eigenvalue weighted by Crippen LogP contribution is -2.36. The average Bonchev–Trinajstić information content (AvgIpc) is 2.87. The van der Waals surface area contributed by atoms with Gasteiger partial charge in [0.2, 0.25) is 0 Å². The van der Waals surface area contributed by atoms with Gasteiger partial charge < -0.3 is 9.47 Å². The number of alkyl halides is 1. The number of aromatic nitrogens is 2. The molecular weight excluding hydrogens is 270 g/mol. The first-order valence-electron chi connectivity index (χ1n) is 7.54. The van der Waals surface area contributed by atoms with Gasteiger partial charge in [0.1, 0.15) is 5.82 Å². The van der Waals surface area contributed by atoms with Crippen LogP contribution in [0.5, 0.6) is 0 Å². The van der Waals surface area contributed by atoms with Crippen molar-refractivity contribution >= 4 is 22.6 Å². The molecule has 108 valence electrons. The number of halogens is 1. The minimum atomic E-state index is -0.0561. The minimum absolute atomic E-state index is 0.0561. The number of nitrogens with zero attached hydrogens (tertiary/aromatic N) is 3. The van der Waals surface area contributed by atoms with E-state index in [4.69, 9.17) is 16.6 Å². The lowest BCUT2D eigenvalue weighted by atomic mass is 10.0. The number of hydrogen-bond acceptors (Lipinski definition) is 2. The fourth-order valence-electron chi connectivity index (χ4n) is 3.26. The molecule has 0 aliphatic carbocycles. The van der Waals surface area contributed by atoms with Crippen molar-refractivity contribution in [2.45, 2.75) is 38.1 Å². The van der Waals surface area contributed by atoms with Crippen molar-refractivity contribution in [3.05, 3.63) is 30.1 Å². The first kappa shape index (κ1) is 13.9. The predicted octanol–water partition coefficient (Wildman–Crippen LogP) is 3.99. The number of likely N-dealkylation sites (N-methyl/N-ethyl adjacent to an activating group) is 1. The van der Waals surface area contributed by atoms with E-state index in [1.165, 1.54) is 24.9 Å². The van der Waals surface area contributed by atoms with Crippen LogP contribution in [0.25, 0.3) is 11.0 Å². The maximum atomic E-state index is 6.37. The first-order valence-corrected chi connectivity index (χ1v) is 7.97. The van der Waals surface area contributed by atoms with E-state index in [9.17, 15) is 0 Å². The van der Waals surface area contributed by atoms with E-state index >= 15 is 0 Å². The zero-order chi connectivity index (χ0) is 14.1. The number of imidazole rings is 1. The van der Waals surface area contributed by atoms with Crippen molar-refractivity contribution in [2.24, 2.45) is 0 Å². The molecule has 2 heterocycles. The van der Waals surface area contributed by atoms with E-state index in [0.29, 0.717) is 6.04 Å². The summed E-state index contributed by atoms with van der Waals surface area (Å²) in [4.78, 5) is 7.27. The summed E-state index contributed by atoms with van der Waals surface area (Å²) in [6, 6.07) is 8.86. The maximum absolute atomic E-state index is 6.37. The SMILES string of the molecule is CCN1CCCC(n2c(C(C)Cl)nc3ccccc32)C1. The van der Waals surface area contributed by atoms with E-state index in [1.807, 2.05) is 13.0 Å². The van der Waals surface area contributed by atoms with Crippen molar-refractivity contribution in [1.82, 2.24) is 14.5 Å². The van der Waals surface area contributed by atoms with Crippen LogP contribution in [0.4, 0.5) is 0 Å². The summed E-state index contributed by atoms with van der Waals surface area (Å²) in [6.07, 6.45) is 2.47. The highest BCUT2D eigenvalue weighted by molar-refractivity contribution is 6.20. The molecule has 0 N–H and O–H groups in total. The summed E-state index contributed by atoms with van der Waals surface area (Å²) in [5.41, 5.74) is 2.28. The zero-order valence-corrected chi connectivity index (χ0v) is 13.0. The van der Waals surface area contributed by atoms with Gasteiger partial charge in [0.15, 0.2) is 0 Å². The Balaban J connectivity index is 2.06. The summed E-state index contributed by atoms with van der Waals surface area (Å²) in [5, 5.41) is -0.0561. The van der Waals surface area contributed by atoms with Crippen LogP contribution in [0, 0.1) is 0 Å². The van der Waals surface area contributed by atoms with Gasteiger partial charge in [-0.1, -0.05) is 19.1 Å². The summed E-state index contributed by atoms with van der Waals surface area (Å²) in [6.45, 7) is 7.69. The van der Waals surface area contributed by atoms with Crippen LogP contribution in [0.3, 0.4) is 0 Å². The van der Waals surface area contributed by atoms with Crippen LogP contribution in [0.15, 0.2) is 24.3 Å². The van der Waals surface area contributed by atoms with Gasteiger partial charge in [0.05, 0.1) is 16.4 Å². The van der Waals surface area contributed by atoms with E-state index in [0.717, 1.165) is 24.4 Å². The van der Waals surface area contributed by atoms with Crippen LogP contribution in [-0.2, 0) is 0 Å². The van der Waals surface area contributed by atoms with Gasteiger partial charge in [-0.2, -0.15) is 0 Å². The van der Waals surface area contributed by atoms with Gasteiger partial charge in [0, 0.05) is 12.6 Å². The van der Waals surface area contributed by atoms with Crippen molar-refractivity contribution in [1.29, 1.82) is 0 Å². The molecule has 3 nitrogen and oxygen atoms in total. The highest BCUT2D eigenvalue weighted by Gasteiger charge is 2.25. The number of fused-ring (bicyclic) bond motifs is 1. The standard InChI is InChI=1S/C16H22ClN3/c1-3-19-10-6-7-13(11-19)20-15-9-5-4-8-14(15)18-16(20)12(2)17/h4-5,8-9,12-13H,3,6-7,10-11H2,1-2H3. The molecule has 1 aromatic carbocycles. The van der Waals surface area contributed by atoms with Crippen molar-refractivity contribution in [3.8, 4) is 0 Å². The highest BCUT2D eigenvalue weighted by Crippen LogP contribution is 2.31. The van der Waals surface area contributed by atoms with Crippen molar-refractivity contribution in [3.63, 3.8) is 0 Å². The smallest absolute Gasteiger partial charge is 0.128 e. The quantitative estimate of drug-likeness (QED) is 0.797. The number of para-hydroxylation sites is 2. The lowest BCUT2D eigenvalue weighted by molar-refractivity contribution is 0.185. The Labute approximate surface area is 125 Å². The molecule has 20 heavy (non-hydrogen) atoms. The Kier molecular flexibility index (Phi) is 3.99. The van der Waals surface area contributed by atoms with Crippen molar-refractivity contribution in [2.75, 3.05) is 19.6 Å². The van der Waals surface area contributed by atoms with Crippen LogP contribution < -0.4 is 0 Å². The third kappa shape index (κ3) is 2.45. The molecule has 1 aliphatic rings. The molecule has 0 radical (unpaired) electrons. The van der Waals surface area contributed by atoms with Gasteiger partial charge in [0.25, 0.3) is 0 Å². The third-order valence-corrected chi connectivity index (χ3v) is 4.47. The van der Waals surface area contributed by atoms with Crippen molar-refractivity contribution < 1.29 is 0 Å². The molecule has 2 aromatic rings. The summed E-state index contributed by atoms with van der Waals surface area (Å²) >= 11 is 6.37. The van der Waals surface area contributed by atoms with E-state index in [2.05, 4.69) is 34.6 Å². The number of hydrogen-bond donors (Lipinski definition) is 0. The van der Waals surface area contributed by atoms with Crippen LogP contribution >= 0.6 is 11.6 Å². The zero-order valence-electron chi connectivity index (χ0n) is 12.2. The number of likely N-dealkylation sites (tertiary alicyclic amines) is 1. The fourth-order valence-corrected chi connectivity index (χ4v) is 3.41. The van der Waals surface area contributed by atoms with Gasteiger partial charge in [-0.05, 0) is 45.0 Å². The number of piperidine rings is 1. The molecule has 3 rings (SSSR count). The van der Waals surface area contributed by atoms with Crippen LogP contribution in [-0.4, -0.2) is 34.1 Å². The Morgan fingerprint density at radius 3 is 2.95 bits per heavy atom. The second-order valence-electron chi connectivity index (χ2n) is 5.63. The number of rotatable bonds is 3. The molecule has 2 atom stereocenters. The fraction of sp³-hybridized carbons (Fsp3) is 0.562. The first-order chi connectivity index (χ1) is 9.70. The second kappa shape index (κ2) is 5.74. The summed E-state index contributed by atoms with van der Waals surface area (Å²) < 4.78 is 2.38. The second-order valence-corrected chi connectivity index (χ2v) is 6.29. The minimum Gasteiger partial charge on any atom is -0.322 e. The monoisotopic (exact) mass is 291 g/mol. The molecule has 4 heteroatoms. The Morgan fingerprint density at radius 2 is 2.20 bits per heavy atom. The molecule has 2 unspecified atom stereocenters. The molecule has 0 saturated carbocycles. The topological polar surface area (TPSA) is 21.1 Å². The molecule has 1 fully saturated rings. The van der Waals surface area contributed by atoms with E-state index < -0.39 is 0 Å². The maximum Gasteiger partial charge on any atom is 0.128 e. The Morgan fingerprint density at radius 1 is 1.40 bits per heavy atom. The summed E-state index contributed by atoms with van der Waals surface area (Å²) in [7, 11) is 0. The third-order valence-electron chi connectivity index (χ3n) is 4.27. The number of benzene rings is 1. The highest BCUT2D eigenvalue weighted by atomic mass is 35.5. The molecular formula is C16H22ClN3. The van der Waals surface area contributed by atoms with Gasteiger partial charge >= 0.3 is 0 Å². The van der Waals surface area contributed by atoms with Crippen LogP contribution in [0.1, 0.15) is 43.9 Å². The molecule has 0 spiro atoms. The molecule has 1 aliphatic heterocycles. The van der Waals surface area contributed by atoms with E-state index in [-0.39, 0.29) is 5.38 Å². The lowest BCUT2D eigenvalue weighted by Gasteiger charge is -2.34. The molecule has 0 bridgehead atoms.